The lowest BCUT2D eigenvalue weighted by Crippen LogP contribution is -2.46. The van der Waals surface area contributed by atoms with Crippen molar-refractivity contribution in [3.8, 4) is 11.5 Å². The molecule has 0 bridgehead atoms. The highest BCUT2D eigenvalue weighted by molar-refractivity contribution is 7.57. The summed E-state index contributed by atoms with van der Waals surface area (Å²) in [6, 6.07) is 24.6. The van der Waals surface area contributed by atoms with Gasteiger partial charge in [-0.25, -0.2) is 9.59 Å². The van der Waals surface area contributed by atoms with E-state index in [1.807, 2.05) is 78.9 Å². The molecule has 2 aliphatic heterocycles. The van der Waals surface area contributed by atoms with Gasteiger partial charge >= 0.3 is 19.0 Å². The van der Waals surface area contributed by atoms with Crippen LogP contribution >= 0.6 is 7.60 Å². The number of rotatable bonds is 18. The van der Waals surface area contributed by atoms with E-state index in [4.69, 9.17) is 37.2 Å². The maximum Gasteiger partial charge on any atom is 0.362 e. The molecule has 17 nitrogen and oxygen atoms in total. The van der Waals surface area contributed by atoms with Crippen LogP contribution < -0.4 is 32.0 Å². The summed E-state index contributed by atoms with van der Waals surface area (Å²) >= 11 is 0. The summed E-state index contributed by atoms with van der Waals surface area (Å²) < 4.78 is 68.6. The van der Waals surface area contributed by atoms with E-state index in [9.17, 15) is 19.2 Å². The molecule has 2 aliphatic rings. The Morgan fingerprint density at radius 1 is 0.739 bits per heavy atom. The van der Waals surface area contributed by atoms with Crippen molar-refractivity contribution in [2.24, 2.45) is 0 Å². The molecule has 7 rings (SSSR count). The third-order valence-electron chi connectivity index (χ3n) is 13.1. The zero-order valence-corrected chi connectivity index (χ0v) is 42.3. The van der Waals surface area contributed by atoms with Gasteiger partial charge in [0.2, 0.25) is 0 Å². The van der Waals surface area contributed by atoms with E-state index in [2.05, 4.69) is 56.1 Å². The van der Waals surface area contributed by atoms with Gasteiger partial charge in [0.15, 0.2) is 8.32 Å². The smallest absolute Gasteiger partial charge is 0.362 e. The van der Waals surface area contributed by atoms with Crippen molar-refractivity contribution in [3.63, 3.8) is 0 Å². The second-order valence-corrected chi connectivity index (χ2v) is 25.3. The van der Waals surface area contributed by atoms with Crippen LogP contribution in [-0.2, 0) is 37.9 Å². The summed E-state index contributed by atoms with van der Waals surface area (Å²) in [5, 5.41) is -0.201. The fraction of sp³-hybridized carbons (Fsp3) is 0.420. The van der Waals surface area contributed by atoms with Crippen molar-refractivity contribution in [2.75, 3.05) is 27.4 Å². The number of nitrogens with zero attached hydrogens (tertiary/aromatic N) is 2. The van der Waals surface area contributed by atoms with Crippen molar-refractivity contribution in [3.05, 3.63) is 179 Å². The zero-order chi connectivity index (χ0) is 49.9. The van der Waals surface area contributed by atoms with Crippen LogP contribution in [0.4, 0.5) is 0 Å². The second-order valence-electron chi connectivity index (χ2n) is 18.7. The predicted octanol–water partition coefficient (Wildman–Crippen LogP) is 7.59. The van der Waals surface area contributed by atoms with E-state index in [0.29, 0.717) is 17.1 Å². The number of aromatic amines is 2. The van der Waals surface area contributed by atoms with Crippen molar-refractivity contribution in [1.82, 2.24) is 19.1 Å². The Hall–Kier alpha value is -5.65. The number of hydrogen-bond donors (Lipinski definition) is 2. The highest BCUT2D eigenvalue weighted by Crippen LogP contribution is 2.54. The van der Waals surface area contributed by atoms with Crippen LogP contribution in [0.3, 0.4) is 0 Å². The van der Waals surface area contributed by atoms with E-state index < -0.39 is 80.9 Å². The molecule has 2 fully saturated rings. The van der Waals surface area contributed by atoms with Crippen molar-refractivity contribution in [1.29, 1.82) is 0 Å². The highest BCUT2D eigenvalue weighted by atomic mass is 31.2. The van der Waals surface area contributed by atoms with Gasteiger partial charge in [0.25, 0.3) is 11.1 Å². The molecule has 2 N–H and O–H groups in total. The minimum atomic E-state index is -4.34. The fourth-order valence-electron chi connectivity index (χ4n) is 8.29. The minimum absolute atomic E-state index is 0.0330. The Morgan fingerprint density at radius 2 is 1.20 bits per heavy atom. The molecule has 368 valence electrons. The Balaban J connectivity index is 1.25. The largest absolute Gasteiger partial charge is 0.497 e. The molecule has 0 saturated carbocycles. The molecular weight excluding hydrogens is 924 g/mol. The quantitative estimate of drug-likeness (QED) is 0.0377. The third kappa shape index (κ3) is 11.0. The number of ether oxygens (including phenoxy) is 5. The Labute approximate surface area is 401 Å². The number of benzene rings is 3. The van der Waals surface area contributed by atoms with Crippen LogP contribution in [0.1, 0.15) is 73.9 Å². The first-order valence-electron chi connectivity index (χ1n) is 22.6. The first-order valence-corrected chi connectivity index (χ1v) is 27.1. The van der Waals surface area contributed by atoms with E-state index in [0.717, 1.165) is 22.5 Å². The van der Waals surface area contributed by atoms with Crippen molar-refractivity contribution in [2.45, 2.75) is 108 Å². The van der Waals surface area contributed by atoms with Crippen molar-refractivity contribution < 1.29 is 41.7 Å². The van der Waals surface area contributed by atoms with Gasteiger partial charge in [-0.05, 0) is 72.9 Å². The number of aromatic nitrogens is 4. The monoisotopic (exact) mass is 984 g/mol. The summed E-state index contributed by atoms with van der Waals surface area (Å²) in [6.07, 6.45) is -2.37. The lowest BCUT2D eigenvalue weighted by Gasteiger charge is -2.39. The SMILES string of the molecule is C=C=C[P@@](=O)(OCC1OC(n2cc(C)c(=O)[nH]c2=O)CC1O[Si](C)(C)C(C)(C)C)OC1CC(n2cc(C)c(=O)[nH]c2=O)OC1COC(c1ccccc1)(c1ccc(OC)cc1)c1ccc(OC)cc1. The van der Waals surface area contributed by atoms with Crippen LogP contribution in [-0.4, -0.2) is 79.3 Å². The maximum atomic E-state index is 15.1. The molecule has 5 aromatic rings. The molecule has 69 heavy (non-hydrogen) atoms. The van der Waals surface area contributed by atoms with E-state index >= 15 is 4.57 Å². The molecule has 2 aromatic heterocycles. The molecule has 6 unspecified atom stereocenters. The number of nitrogens with one attached hydrogen (secondary N) is 2. The van der Waals surface area contributed by atoms with E-state index in [-0.39, 0.29) is 36.7 Å². The molecule has 0 amide bonds. The second kappa shape index (κ2) is 20.7. The van der Waals surface area contributed by atoms with Crippen LogP contribution in [0.5, 0.6) is 11.5 Å². The summed E-state index contributed by atoms with van der Waals surface area (Å²) in [7, 11) is -3.63. The summed E-state index contributed by atoms with van der Waals surface area (Å²) in [5.74, 6) is 2.38. The van der Waals surface area contributed by atoms with E-state index in [1.165, 1.54) is 21.5 Å². The Morgan fingerprint density at radius 3 is 1.67 bits per heavy atom. The van der Waals surface area contributed by atoms with Crippen LogP contribution in [0.15, 0.2) is 129 Å². The van der Waals surface area contributed by atoms with Gasteiger partial charge in [0.05, 0.1) is 39.4 Å². The molecule has 3 aromatic carbocycles. The topological polar surface area (TPSA) is 201 Å². The normalized spacial score (nSPS) is 21.6. The fourth-order valence-corrected chi connectivity index (χ4v) is 11.0. The average molecular weight is 985 g/mol. The van der Waals surface area contributed by atoms with Gasteiger partial charge in [-0.1, -0.05) is 81.9 Å². The number of aryl methyl sites for hydroxylation is 2. The first-order chi connectivity index (χ1) is 32.7. The number of hydrogen-bond acceptors (Lipinski definition) is 13. The molecule has 19 heteroatoms. The molecule has 2 saturated heterocycles. The highest BCUT2D eigenvalue weighted by Gasteiger charge is 2.48. The maximum absolute atomic E-state index is 15.1. The Bertz CT molecular complexity index is 2890. The van der Waals surface area contributed by atoms with Gasteiger partial charge in [-0.3, -0.25) is 37.8 Å². The summed E-state index contributed by atoms with van der Waals surface area (Å²) in [6.45, 7) is 16.8. The minimum Gasteiger partial charge on any atom is -0.497 e. The zero-order valence-electron chi connectivity index (χ0n) is 40.4. The average Bonchev–Trinajstić information content (AvgIpc) is 3.91. The molecule has 0 radical (unpaired) electrons. The predicted molar refractivity (Wildman–Crippen MR) is 262 cm³/mol. The van der Waals surface area contributed by atoms with Gasteiger partial charge in [0.1, 0.15) is 47.9 Å². The van der Waals surface area contributed by atoms with Gasteiger partial charge < -0.3 is 32.6 Å². The van der Waals surface area contributed by atoms with Crippen LogP contribution in [0.2, 0.25) is 18.1 Å². The van der Waals surface area contributed by atoms with Gasteiger partial charge in [0, 0.05) is 36.4 Å². The lowest BCUT2D eigenvalue weighted by atomic mass is 9.80. The van der Waals surface area contributed by atoms with Crippen molar-refractivity contribution >= 4 is 15.9 Å². The standard InChI is InChI=1S/C50H61N4O13PSi/c1-11-25-68(59,63-31-42-40(67-69(9,10)49(4,5)6)27-44(65-42)54-29-33(3)46(56)52-48(54)58)66-39-26-43(53-28-32(2)45(55)51-47(53)57)64-41(39)30-62-50(34-15-13-12-14-16-34,35-17-21-37(60-7)22-18-35)36-19-23-38(61-8)24-20-36/h12-25,28-29,39-44H,1,26-27,30-31H2,2-10H3,(H,51,55,57)(H,52,56,58)/t39?,40?,41?,42?,43?,44?,68-/m1/s1. The Kier molecular flexibility index (Phi) is 15.4. The summed E-state index contributed by atoms with van der Waals surface area (Å²) in [5.41, 5.74) is 1.71. The molecule has 4 heterocycles. The van der Waals surface area contributed by atoms with Gasteiger partial charge in [-0.15, -0.1) is 5.73 Å². The number of methoxy groups -OCH3 is 2. The molecule has 0 aliphatic carbocycles. The number of H-pyrrole nitrogens is 2. The van der Waals surface area contributed by atoms with Crippen LogP contribution in [0.25, 0.3) is 0 Å². The van der Waals surface area contributed by atoms with Crippen LogP contribution in [0, 0.1) is 13.8 Å². The van der Waals surface area contributed by atoms with Gasteiger partial charge in [-0.2, -0.15) is 0 Å². The summed E-state index contributed by atoms with van der Waals surface area (Å²) in [4.78, 5) is 55.9. The third-order valence-corrected chi connectivity index (χ3v) is 19.2. The lowest BCUT2D eigenvalue weighted by molar-refractivity contribution is -0.0931. The first kappa shape index (κ1) is 51.2. The molecule has 7 atom stereocenters. The van der Waals surface area contributed by atoms with E-state index in [1.54, 1.807) is 28.1 Å². The molecule has 0 spiro atoms. The molecular formula is C50H61N4O13PSi.